The van der Waals surface area contributed by atoms with Crippen molar-refractivity contribution < 1.29 is 22.7 Å². The number of ketones is 1. The topological polar surface area (TPSA) is 102 Å². The van der Waals surface area contributed by atoms with E-state index < -0.39 is 10.0 Å². The summed E-state index contributed by atoms with van der Waals surface area (Å²) in [5.41, 5.74) is 1.79. The molecule has 2 N–H and O–H groups in total. The van der Waals surface area contributed by atoms with Crippen LogP contribution in [0.5, 0.6) is 5.75 Å². The van der Waals surface area contributed by atoms with Crippen LogP contribution in [0.25, 0.3) is 0 Å². The molecule has 0 saturated carbocycles. The maximum Gasteiger partial charge on any atom is 0.261 e. The fourth-order valence-corrected chi connectivity index (χ4v) is 3.71. The van der Waals surface area contributed by atoms with E-state index in [0.717, 1.165) is 0 Å². The molecule has 0 aliphatic carbocycles. The highest BCUT2D eigenvalue weighted by Crippen LogP contribution is 2.20. The minimum atomic E-state index is -3.76. The molecule has 0 saturated heterocycles. The zero-order valence-corrected chi connectivity index (χ0v) is 17.2. The normalized spacial score (nSPS) is 10.9. The van der Waals surface area contributed by atoms with Gasteiger partial charge in [-0.25, -0.2) is 8.42 Å². The lowest BCUT2D eigenvalue weighted by Crippen LogP contribution is -2.14. The zero-order chi connectivity index (χ0) is 21.7. The van der Waals surface area contributed by atoms with Crippen LogP contribution in [0.15, 0.2) is 77.7 Å². The summed E-state index contributed by atoms with van der Waals surface area (Å²) >= 11 is 0. The van der Waals surface area contributed by atoms with Crippen LogP contribution in [0.2, 0.25) is 0 Å². The van der Waals surface area contributed by atoms with Crippen LogP contribution in [0.4, 0.5) is 11.4 Å². The summed E-state index contributed by atoms with van der Waals surface area (Å²) in [6, 6.07) is 18.6. The maximum atomic E-state index is 12.5. The van der Waals surface area contributed by atoms with Crippen LogP contribution < -0.4 is 14.8 Å². The first-order valence-electron chi connectivity index (χ1n) is 8.98. The van der Waals surface area contributed by atoms with Crippen molar-refractivity contribution in [3.05, 3.63) is 83.9 Å². The number of hydrogen-bond donors (Lipinski definition) is 2. The summed E-state index contributed by atoms with van der Waals surface area (Å²) in [6.07, 6.45) is 0. The molecule has 30 heavy (non-hydrogen) atoms. The summed E-state index contributed by atoms with van der Waals surface area (Å²) < 4.78 is 32.5. The van der Waals surface area contributed by atoms with Gasteiger partial charge in [-0.05, 0) is 79.7 Å². The molecule has 0 fully saturated rings. The lowest BCUT2D eigenvalue weighted by atomic mass is 10.1. The lowest BCUT2D eigenvalue weighted by Gasteiger charge is -2.10. The van der Waals surface area contributed by atoms with Gasteiger partial charge >= 0.3 is 0 Å². The highest BCUT2D eigenvalue weighted by molar-refractivity contribution is 7.92. The Morgan fingerprint density at radius 3 is 1.83 bits per heavy atom. The second kappa shape index (κ2) is 8.79. The van der Waals surface area contributed by atoms with Gasteiger partial charge in [0.05, 0.1) is 12.0 Å². The van der Waals surface area contributed by atoms with E-state index in [2.05, 4.69) is 10.0 Å². The van der Waals surface area contributed by atoms with Crippen molar-refractivity contribution in [2.75, 3.05) is 17.1 Å². The molecule has 0 unspecified atom stereocenters. The molecule has 0 radical (unpaired) electrons. The first kappa shape index (κ1) is 21.1. The van der Waals surface area contributed by atoms with E-state index in [-0.39, 0.29) is 16.6 Å². The molecule has 3 rings (SSSR count). The molecule has 0 heterocycles. The van der Waals surface area contributed by atoms with E-state index in [9.17, 15) is 18.0 Å². The van der Waals surface area contributed by atoms with Gasteiger partial charge in [0, 0.05) is 22.5 Å². The van der Waals surface area contributed by atoms with Crippen molar-refractivity contribution in [3.63, 3.8) is 0 Å². The number of carbonyl (C=O) groups excluding carboxylic acids is 2. The van der Waals surface area contributed by atoms with Gasteiger partial charge in [-0.2, -0.15) is 0 Å². The number of hydrogen-bond acceptors (Lipinski definition) is 5. The quantitative estimate of drug-likeness (QED) is 0.559. The first-order chi connectivity index (χ1) is 14.3. The number of benzene rings is 3. The molecule has 154 valence electrons. The second-order valence-electron chi connectivity index (χ2n) is 6.45. The van der Waals surface area contributed by atoms with Crippen LogP contribution >= 0.6 is 0 Å². The molecule has 0 spiro atoms. The number of rotatable bonds is 7. The van der Waals surface area contributed by atoms with E-state index in [1.165, 1.54) is 50.4 Å². The van der Waals surface area contributed by atoms with Crippen LogP contribution in [-0.4, -0.2) is 27.2 Å². The van der Waals surface area contributed by atoms with E-state index >= 15 is 0 Å². The third-order valence-corrected chi connectivity index (χ3v) is 5.72. The Labute approximate surface area is 174 Å². The highest BCUT2D eigenvalue weighted by atomic mass is 32.2. The summed E-state index contributed by atoms with van der Waals surface area (Å²) in [7, 11) is -2.26. The molecular weight excluding hydrogens is 404 g/mol. The number of sulfonamides is 1. The van der Waals surface area contributed by atoms with Crippen molar-refractivity contribution in [1.29, 1.82) is 0 Å². The monoisotopic (exact) mass is 424 g/mol. The molecule has 0 aliphatic heterocycles. The van der Waals surface area contributed by atoms with E-state index in [0.29, 0.717) is 28.3 Å². The molecular formula is C22H20N2O5S. The maximum absolute atomic E-state index is 12.5. The Morgan fingerprint density at radius 2 is 1.30 bits per heavy atom. The van der Waals surface area contributed by atoms with Crippen LogP contribution in [0, 0.1) is 0 Å². The van der Waals surface area contributed by atoms with E-state index in [4.69, 9.17) is 4.74 Å². The van der Waals surface area contributed by atoms with Crippen molar-refractivity contribution in [2.24, 2.45) is 0 Å². The minimum absolute atomic E-state index is 0.0550. The third kappa shape index (κ3) is 5.03. The van der Waals surface area contributed by atoms with Crippen LogP contribution in [0.3, 0.4) is 0 Å². The van der Waals surface area contributed by atoms with Gasteiger partial charge in [-0.1, -0.05) is 0 Å². The molecule has 7 nitrogen and oxygen atoms in total. The van der Waals surface area contributed by atoms with Gasteiger partial charge < -0.3 is 10.1 Å². The Morgan fingerprint density at radius 1 is 0.767 bits per heavy atom. The van der Waals surface area contributed by atoms with Crippen LogP contribution in [-0.2, 0) is 10.0 Å². The van der Waals surface area contributed by atoms with Gasteiger partial charge in [0.1, 0.15) is 5.75 Å². The number of Topliss-reactive ketones (excluding diaryl/α,β-unsaturated/α-hetero) is 1. The summed E-state index contributed by atoms with van der Waals surface area (Å²) in [4.78, 5) is 23.8. The zero-order valence-electron chi connectivity index (χ0n) is 16.4. The second-order valence-corrected chi connectivity index (χ2v) is 8.13. The predicted octanol–water partition coefficient (Wildman–Crippen LogP) is 3.95. The fourth-order valence-electron chi connectivity index (χ4n) is 2.65. The predicted molar refractivity (Wildman–Crippen MR) is 115 cm³/mol. The van der Waals surface area contributed by atoms with Gasteiger partial charge in [0.2, 0.25) is 0 Å². The number of anilines is 2. The van der Waals surface area contributed by atoms with Gasteiger partial charge in [0.15, 0.2) is 5.78 Å². The van der Waals surface area contributed by atoms with Gasteiger partial charge in [0.25, 0.3) is 15.9 Å². The number of methoxy groups -OCH3 is 1. The number of amides is 1. The van der Waals surface area contributed by atoms with Crippen molar-refractivity contribution in [3.8, 4) is 5.75 Å². The molecule has 0 aliphatic rings. The molecule has 0 bridgehead atoms. The van der Waals surface area contributed by atoms with E-state index in [1.54, 1.807) is 36.4 Å². The Balaban J connectivity index is 1.67. The van der Waals surface area contributed by atoms with Crippen molar-refractivity contribution in [1.82, 2.24) is 0 Å². The van der Waals surface area contributed by atoms with Gasteiger partial charge in [-0.15, -0.1) is 0 Å². The first-order valence-corrected chi connectivity index (χ1v) is 10.5. The van der Waals surface area contributed by atoms with Crippen LogP contribution in [0.1, 0.15) is 27.6 Å². The number of ether oxygens (including phenoxy) is 1. The Bertz CT molecular complexity index is 1150. The third-order valence-electron chi connectivity index (χ3n) is 4.32. The average Bonchev–Trinajstić information content (AvgIpc) is 2.74. The Hall–Kier alpha value is -3.65. The molecule has 8 heteroatoms. The average molecular weight is 424 g/mol. The van der Waals surface area contributed by atoms with Crippen molar-refractivity contribution >= 4 is 33.1 Å². The molecule has 0 aromatic heterocycles. The summed E-state index contributed by atoms with van der Waals surface area (Å²) in [5, 5.41) is 2.73. The Kier molecular flexibility index (Phi) is 6.17. The number of carbonyl (C=O) groups is 2. The largest absolute Gasteiger partial charge is 0.497 e. The van der Waals surface area contributed by atoms with Gasteiger partial charge in [-0.3, -0.25) is 14.3 Å². The molecule has 1 amide bonds. The fraction of sp³-hybridized carbons (Fsp3) is 0.0909. The molecule has 3 aromatic carbocycles. The lowest BCUT2D eigenvalue weighted by molar-refractivity contribution is 0.101. The van der Waals surface area contributed by atoms with Crippen molar-refractivity contribution in [2.45, 2.75) is 11.8 Å². The van der Waals surface area contributed by atoms with E-state index in [1.807, 2.05) is 0 Å². The molecule has 0 atom stereocenters. The highest BCUT2D eigenvalue weighted by Gasteiger charge is 2.15. The summed E-state index contributed by atoms with van der Waals surface area (Å²) in [5.74, 6) is 0.149. The standard InChI is InChI=1S/C22H20N2O5S/c1-15(25)16-3-7-18(8-4-16)23-22(26)17-5-9-19(10-6-17)24-30(27,28)21-13-11-20(29-2)12-14-21/h3-14,24H,1-2H3,(H,23,26). The SMILES string of the molecule is COc1ccc(S(=O)(=O)Nc2ccc(C(=O)Nc3ccc(C(C)=O)cc3)cc2)cc1. The smallest absolute Gasteiger partial charge is 0.261 e. The molecule has 3 aromatic rings. The minimum Gasteiger partial charge on any atom is -0.497 e. The summed E-state index contributed by atoms with van der Waals surface area (Å²) in [6.45, 7) is 1.47. The number of nitrogens with one attached hydrogen (secondary N) is 2.